The van der Waals surface area contributed by atoms with E-state index in [2.05, 4.69) is 10.2 Å². The third kappa shape index (κ3) is 6.12. The number of nitrogens with one attached hydrogen (secondary N) is 1. The van der Waals surface area contributed by atoms with Gasteiger partial charge in [-0.3, -0.25) is 9.10 Å². The zero-order valence-electron chi connectivity index (χ0n) is 19.3. The number of rotatable bonds is 9. The molecule has 0 saturated carbocycles. The van der Waals surface area contributed by atoms with E-state index in [0.717, 1.165) is 12.1 Å². The van der Waals surface area contributed by atoms with E-state index in [1.165, 1.54) is 29.0 Å². The molecule has 0 aromatic heterocycles. The molecular weight excluding hydrogens is 438 g/mol. The lowest BCUT2D eigenvalue weighted by Gasteiger charge is -2.20. The number of anilines is 1. The van der Waals surface area contributed by atoms with Gasteiger partial charge in [-0.1, -0.05) is 30.3 Å². The fraction of sp³-hybridized carbons (Fsp3) is 0.240. The third-order valence-electron chi connectivity index (χ3n) is 5.17. The first-order valence-electron chi connectivity index (χ1n) is 10.4. The molecule has 3 aromatic carbocycles. The summed E-state index contributed by atoms with van der Waals surface area (Å²) in [5, 5.41) is 2.86. The van der Waals surface area contributed by atoms with E-state index in [-0.39, 0.29) is 16.4 Å². The molecule has 33 heavy (non-hydrogen) atoms. The SMILES string of the molecule is COc1ccc(N(C)S(=O)(=O)c2cccc(C(=O)NCc3ccc(CN(C)C)cc3)c2)cc1. The van der Waals surface area contributed by atoms with Crippen molar-refractivity contribution in [2.45, 2.75) is 18.0 Å². The Hall–Kier alpha value is -3.36. The van der Waals surface area contributed by atoms with Crippen LogP contribution in [0, 0.1) is 0 Å². The summed E-state index contributed by atoms with van der Waals surface area (Å²) in [4.78, 5) is 14.8. The summed E-state index contributed by atoms with van der Waals surface area (Å²) in [6.45, 7) is 1.20. The van der Waals surface area contributed by atoms with Crippen molar-refractivity contribution in [2.75, 3.05) is 32.6 Å². The number of sulfonamides is 1. The van der Waals surface area contributed by atoms with Gasteiger partial charge in [0, 0.05) is 25.7 Å². The van der Waals surface area contributed by atoms with Crippen LogP contribution in [0.15, 0.2) is 77.7 Å². The van der Waals surface area contributed by atoms with Gasteiger partial charge in [0.1, 0.15) is 5.75 Å². The quantitative estimate of drug-likeness (QED) is 0.521. The molecule has 0 unspecified atom stereocenters. The van der Waals surface area contributed by atoms with Gasteiger partial charge < -0.3 is 15.0 Å². The number of amides is 1. The summed E-state index contributed by atoms with van der Waals surface area (Å²) in [5.41, 5.74) is 2.93. The van der Waals surface area contributed by atoms with Crippen LogP contribution < -0.4 is 14.4 Å². The van der Waals surface area contributed by atoms with Crippen molar-refractivity contribution in [2.24, 2.45) is 0 Å². The highest BCUT2D eigenvalue weighted by Crippen LogP contribution is 2.24. The molecule has 0 bridgehead atoms. The van der Waals surface area contributed by atoms with Crippen LogP contribution in [0.25, 0.3) is 0 Å². The molecule has 3 rings (SSSR count). The summed E-state index contributed by atoms with van der Waals surface area (Å²) in [6, 6.07) is 20.8. The van der Waals surface area contributed by atoms with E-state index >= 15 is 0 Å². The first kappa shape index (κ1) is 24.3. The van der Waals surface area contributed by atoms with Crippen LogP contribution in [0.4, 0.5) is 5.69 Å². The second-order valence-electron chi connectivity index (χ2n) is 7.94. The molecule has 3 aromatic rings. The fourth-order valence-corrected chi connectivity index (χ4v) is 4.54. The van der Waals surface area contributed by atoms with E-state index in [1.807, 2.05) is 38.4 Å². The molecular formula is C25H29N3O4S. The van der Waals surface area contributed by atoms with Gasteiger partial charge in [0.05, 0.1) is 17.7 Å². The van der Waals surface area contributed by atoms with Crippen LogP contribution in [-0.2, 0) is 23.1 Å². The fourth-order valence-electron chi connectivity index (χ4n) is 3.30. The number of carbonyl (C=O) groups is 1. The lowest BCUT2D eigenvalue weighted by atomic mass is 10.1. The van der Waals surface area contributed by atoms with Crippen molar-refractivity contribution < 1.29 is 17.9 Å². The zero-order chi connectivity index (χ0) is 24.0. The van der Waals surface area contributed by atoms with Gasteiger partial charge in [0.25, 0.3) is 15.9 Å². The molecule has 0 atom stereocenters. The maximum absolute atomic E-state index is 13.1. The van der Waals surface area contributed by atoms with Crippen LogP contribution in [0.3, 0.4) is 0 Å². The summed E-state index contributed by atoms with van der Waals surface area (Å²) in [7, 11) is 3.21. The minimum atomic E-state index is -3.84. The predicted octanol–water partition coefficient (Wildman–Crippen LogP) is 3.51. The number of benzene rings is 3. The van der Waals surface area contributed by atoms with E-state index in [9.17, 15) is 13.2 Å². The summed E-state index contributed by atoms with van der Waals surface area (Å²) in [5.74, 6) is 0.298. The molecule has 0 fully saturated rings. The lowest BCUT2D eigenvalue weighted by molar-refractivity contribution is 0.0950. The van der Waals surface area contributed by atoms with Gasteiger partial charge in [-0.15, -0.1) is 0 Å². The van der Waals surface area contributed by atoms with Crippen LogP contribution in [0.1, 0.15) is 21.5 Å². The highest BCUT2D eigenvalue weighted by Gasteiger charge is 2.22. The first-order valence-corrected chi connectivity index (χ1v) is 11.9. The van der Waals surface area contributed by atoms with Crippen molar-refractivity contribution in [1.29, 1.82) is 0 Å². The number of ether oxygens (including phenoxy) is 1. The molecule has 0 aliphatic rings. The smallest absolute Gasteiger partial charge is 0.264 e. The van der Waals surface area contributed by atoms with Gasteiger partial charge in [-0.05, 0) is 67.7 Å². The van der Waals surface area contributed by atoms with Gasteiger partial charge in [-0.2, -0.15) is 0 Å². The Bertz CT molecular complexity index is 1190. The monoisotopic (exact) mass is 467 g/mol. The van der Waals surface area contributed by atoms with Crippen molar-refractivity contribution >= 4 is 21.6 Å². The van der Waals surface area contributed by atoms with Crippen LogP contribution in [-0.4, -0.2) is 47.5 Å². The second kappa shape index (κ2) is 10.5. The molecule has 1 amide bonds. The Morgan fingerprint density at radius 1 is 0.909 bits per heavy atom. The molecule has 0 spiro atoms. The molecule has 0 heterocycles. The Labute approximate surface area is 195 Å². The molecule has 0 radical (unpaired) electrons. The Morgan fingerprint density at radius 2 is 1.55 bits per heavy atom. The van der Waals surface area contributed by atoms with Crippen LogP contribution in [0.5, 0.6) is 5.75 Å². The zero-order valence-corrected chi connectivity index (χ0v) is 20.1. The number of nitrogens with zero attached hydrogens (tertiary/aromatic N) is 2. The van der Waals surface area contributed by atoms with Gasteiger partial charge in [0.2, 0.25) is 0 Å². The predicted molar refractivity (Wildman–Crippen MR) is 130 cm³/mol. The first-order chi connectivity index (χ1) is 15.7. The van der Waals surface area contributed by atoms with Crippen molar-refractivity contribution in [3.63, 3.8) is 0 Å². The third-order valence-corrected chi connectivity index (χ3v) is 6.95. The second-order valence-corrected chi connectivity index (χ2v) is 9.90. The molecule has 0 aliphatic carbocycles. The normalized spacial score (nSPS) is 11.3. The van der Waals surface area contributed by atoms with Crippen LogP contribution in [0.2, 0.25) is 0 Å². The van der Waals surface area contributed by atoms with Crippen molar-refractivity contribution in [1.82, 2.24) is 10.2 Å². The molecule has 0 aliphatic heterocycles. The van der Waals surface area contributed by atoms with Crippen molar-refractivity contribution in [3.05, 3.63) is 89.5 Å². The minimum Gasteiger partial charge on any atom is -0.497 e. The van der Waals surface area contributed by atoms with E-state index < -0.39 is 10.0 Å². The van der Waals surface area contributed by atoms with Gasteiger partial charge in [0.15, 0.2) is 0 Å². The highest BCUT2D eigenvalue weighted by atomic mass is 32.2. The minimum absolute atomic E-state index is 0.0431. The summed E-state index contributed by atoms with van der Waals surface area (Å²) >= 11 is 0. The largest absolute Gasteiger partial charge is 0.497 e. The summed E-state index contributed by atoms with van der Waals surface area (Å²) in [6.07, 6.45) is 0. The number of methoxy groups -OCH3 is 1. The number of hydrogen-bond acceptors (Lipinski definition) is 5. The van der Waals surface area contributed by atoms with Crippen molar-refractivity contribution in [3.8, 4) is 5.75 Å². The van der Waals surface area contributed by atoms with Gasteiger partial charge in [-0.25, -0.2) is 8.42 Å². The van der Waals surface area contributed by atoms with Crippen LogP contribution >= 0.6 is 0 Å². The Kier molecular flexibility index (Phi) is 7.73. The van der Waals surface area contributed by atoms with Gasteiger partial charge >= 0.3 is 0 Å². The standard InChI is InChI=1S/C25H29N3O4S/c1-27(2)18-20-10-8-19(9-11-20)17-26-25(29)21-6-5-7-24(16-21)33(30,31)28(3)22-12-14-23(32-4)15-13-22/h5-16H,17-18H2,1-4H3,(H,26,29). The average Bonchev–Trinajstić information content (AvgIpc) is 2.82. The van der Waals surface area contributed by atoms with E-state index in [1.54, 1.807) is 43.5 Å². The number of hydrogen-bond donors (Lipinski definition) is 1. The maximum atomic E-state index is 13.1. The molecule has 8 heteroatoms. The molecule has 1 N–H and O–H groups in total. The van der Waals surface area contributed by atoms with E-state index in [4.69, 9.17) is 4.74 Å². The molecule has 0 saturated heterocycles. The average molecular weight is 468 g/mol. The topological polar surface area (TPSA) is 78.9 Å². The molecule has 174 valence electrons. The summed E-state index contributed by atoms with van der Waals surface area (Å²) < 4.78 is 32.5. The molecule has 7 nitrogen and oxygen atoms in total. The maximum Gasteiger partial charge on any atom is 0.264 e. The lowest BCUT2D eigenvalue weighted by Crippen LogP contribution is -2.27. The van der Waals surface area contributed by atoms with E-state index in [0.29, 0.717) is 18.0 Å². The number of carbonyl (C=O) groups excluding carboxylic acids is 1. The Morgan fingerprint density at radius 3 is 2.15 bits per heavy atom. The Balaban J connectivity index is 1.70. The highest BCUT2D eigenvalue weighted by molar-refractivity contribution is 7.92.